The summed E-state index contributed by atoms with van der Waals surface area (Å²) in [5, 5.41) is 17.0. The van der Waals surface area contributed by atoms with Gasteiger partial charge in [-0.3, -0.25) is 9.69 Å². The molecule has 4 heterocycles. The van der Waals surface area contributed by atoms with Crippen LogP contribution in [0.15, 0.2) is 28.9 Å². The van der Waals surface area contributed by atoms with E-state index in [1.54, 1.807) is 13.2 Å². The van der Waals surface area contributed by atoms with Crippen molar-refractivity contribution in [3.63, 3.8) is 0 Å². The summed E-state index contributed by atoms with van der Waals surface area (Å²) in [7, 11) is 1.65. The van der Waals surface area contributed by atoms with Crippen LogP contribution in [0.4, 0.5) is 26.3 Å². The van der Waals surface area contributed by atoms with E-state index in [1.165, 1.54) is 0 Å². The number of hydrogen-bond acceptors (Lipinski definition) is 7. The van der Waals surface area contributed by atoms with Crippen LogP contribution in [0, 0.1) is 6.92 Å². The molecular weight excluding hydrogens is 546 g/mol. The van der Waals surface area contributed by atoms with Crippen molar-refractivity contribution in [1.82, 2.24) is 19.8 Å². The van der Waals surface area contributed by atoms with Crippen molar-refractivity contribution >= 4 is 17.8 Å². The lowest BCUT2D eigenvalue weighted by Crippen LogP contribution is -2.53. The number of imidazole rings is 1. The van der Waals surface area contributed by atoms with Crippen molar-refractivity contribution in [2.24, 2.45) is 0 Å². The summed E-state index contributed by atoms with van der Waals surface area (Å²) in [6.45, 7) is 5.05. The summed E-state index contributed by atoms with van der Waals surface area (Å²) in [6, 6.07) is 4.03. The van der Waals surface area contributed by atoms with Crippen LogP contribution >= 0.6 is 0 Å². The van der Waals surface area contributed by atoms with Gasteiger partial charge in [0.2, 0.25) is 0 Å². The van der Waals surface area contributed by atoms with E-state index in [1.807, 2.05) is 25.3 Å². The van der Waals surface area contributed by atoms with E-state index in [-0.39, 0.29) is 5.91 Å². The molecule has 3 N–H and O–H groups in total. The maximum Gasteiger partial charge on any atom is 0.490 e. The second-order valence-corrected chi connectivity index (χ2v) is 8.51. The Morgan fingerprint density at radius 2 is 1.62 bits per heavy atom. The Hall–Kier alpha value is -3.60. The third kappa shape index (κ3) is 8.71. The molecule has 1 spiro atoms. The number of aryl methyl sites for hydroxylation is 1. The van der Waals surface area contributed by atoms with Crippen LogP contribution in [0.2, 0.25) is 0 Å². The van der Waals surface area contributed by atoms with Crippen molar-refractivity contribution in [2.75, 3.05) is 20.1 Å². The van der Waals surface area contributed by atoms with Crippen molar-refractivity contribution < 1.29 is 60.1 Å². The van der Waals surface area contributed by atoms with Gasteiger partial charge in [-0.15, -0.1) is 0 Å². The molecule has 2 aliphatic heterocycles. The number of likely N-dealkylation sites (N-methyl/N-ethyl adjacent to an activating group) is 1. The number of carboxylic acids is 2. The molecular formula is C22H26F6N4O7. The maximum absolute atomic E-state index is 12.1. The molecule has 2 aromatic rings. The molecule has 0 aliphatic carbocycles. The van der Waals surface area contributed by atoms with E-state index in [0.717, 1.165) is 49.8 Å². The predicted molar refractivity (Wildman–Crippen MR) is 118 cm³/mol. The number of nitrogens with one attached hydrogen (secondary N) is 1. The summed E-state index contributed by atoms with van der Waals surface area (Å²) >= 11 is 0. The lowest BCUT2D eigenvalue weighted by atomic mass is 9.88. The monoisotopic (exact) mass is 572 g/mol. The summed E-state index contributed by atoms with van der Waals surface area (Å²) < 4.78 is 77.5. The number of carbonyl (C=O) groups is 3. The van der Waals surface area contributed by atoms with Crippen LogP contribution in [-0.4, -0.2) is 81.1 Å². The molecule has 4 rings (SSSR count). The first-order chi connectivity index (χ1) is 18.0. The van der Waals surface area contributed by atoms with Crippen LogP contribution in [0.3, 0.4) is 0 Å². The minimum atomic E-state index is -5.08. The Morgan fingerprint density at radius 3 is 2.05 bits per heavy atom. The number of carboxylic acid groups (broad SMARTS) is 2. The van der Waals surface area contributed by atoms with Gasteiger partial charge in [0.1, 0.15) is 22.9 Å². The van der Waals surface area contributed by atoms with Gasteiger partial charge in [0.25, 0.3) is 5.91 Å². The molecule has 0 radical (unpaired) electrons. The van der Waals surface area contributed by atoms with Gasteiger partial charge >= 0.3 is 24.3 Å². The topological polar surface area (TPSA) is 147 Å². The fourth-order valence-electron chi connectivity index (χ4n) is 3.90. The molecule has 11 nitrogen and oxygen atoms in total. The second-order valence-electron chi connectivity index (χ2n) is 8.51. The molecule has 1 saturated heterocycles. The second kappa shape index (κ2) is 12.5. The first kappa shape index (κ1) is 31.6. The number of aromatic nitrogens is 2. The number of hydrogen-bond donors (Lipinski definition) is 3. The molecule has 2 aromatic heterocycles. The summed E-state index contributed by atoms with van der Waals surface area (Å²) in [5.74, 6) is -2.72. The van der Waals surface area contributed by atoms with Gasteiger partial charge in [0, 0.05) is 32.5 Å². The molecule has 1 unspecified atom stereocenters. The van der Waals surface area contributed by atoms with Crippen LogP contribution in [0.25, 0.3) is 0 Å². The minimum absolute atomic E-state index is 0.0767. The Kier molecular flexibility index (Phi) is 10.1. The molecule has 1 fully saturated rings. The highest BCUT2D eigenvalue weighted by atomic mass is 19.4. The van der Waals surface area contributed by atoms with Crippen molar-refractivity contribution in [3.8, 4) is 0 Å². The van der Waals surface area contributed by atoms with Crippen LogP contribution in [0.5, 0.6) is 0 Å². The van der Waals surface area contributed by atoms with E-state index >= 15 is 0 Å². The minimum Gasteiger partial charge on any atom is -0.475 e. The van der Waals surface area contributed by atoms with Gasteiger partial charge in [-0.2, -0.15) is 26.3 Å². The predicted octanol–water partition coefficient (Wildman–Crippen LogP) is 2.69. The standard InChI is InChI=1S/C18H24N4O3.2C2HF3O2/c1-13-3-4-14(24-13)11-21-8-5-18(6-9-21)17-20-7-10-22(17)12-15(25-18)16(23)19-2;2*3-2(4,5)1(6)7/h3-4,7,10,15H,5-6,8-9,11-12H2,1-2H3,(H,19,23);2*(H,6,7). The summed E-state index contributed by atoms with van der Waals surface area (Å²) in [4.78, 5) is 36.8. The molecule has 1 atom stereocenters. The van der Waals surface area contributed by atoms with Gasteiger partial charge in [-0.1, -0.05) is 0 Å². The molecule has 2 aliphatic rings. The molecule has 218 valence electrons. The molecule has 39 heavy (non-hydrogen) atoms. The van der Waals surface area contributed by atoms with Crippen LogP contribution in [0.1, 0.15) is 30.2 Å². The fourth-order valence-corrected chi connectivity index (χ4v) is 3.90. The van der Waals surface area contributed by atoms with E-state index in [9.17, 15) is 31.1 Å². The number of piperidine rings is 1. The first-order valence-corrected chi connectivity index (χ1v) is 11.3. The van der Waals surface area contributed by atoms with E-state index in [2.05, 4.69) is 19.8 Å². The number of likely N-dealkylation sites (tertiary alicyclic amines) is 1. The molecule has 0 bridgehead atoms. The summed E-state index contributed by atoms with van der Waals surface area (Å²) in [6.07, 6.45) is -5.27. The Labute approximate surface area is 217 Å². The highest BCUT2D eigenvalue weighted by molar-refractivity contribution is 5.80. The maximum atomic E-state index is 12.1. The number of rotatable bonds is 3. The number of amides is 1. The smallest absolute Gasteiger partial charge is 0.475 e. The number of ether oxygens (including phenoxy) is 1. The SMILES string of the molecule is CNC(=O)C1Cn2ccnc2C2(CCN(Cc3ccc(C)o3)CC2)O1.O=C(O)C(F)(F)F.O=C(O)C(F)(F)F. The highest BCUT2D eigenvalue weighted by Crippen LogP contribution is 2.40. The van der Waals surface area contributed by atoms with Gasteiger partial charge in [0.15, 0.2) is 6.10 Å². The lowest BCUT2D eigenvalue weighted by molar-refractivity contribution is -0.193. The Bertz CT molecular complexity index is 1110. The molecule has 17 heteroatoms. The Morgan fingerprint density at radius 1 is 1.08 bits per heavy atom. The third-order valence-corrected chi connectivity index (χ3v) is 5.72. The Balaban J connectivity index is 0.000000317. The zero-order chi connectivity index (χ0) is 29.6. The first-order valence-electron chi connectivity index (χ1n) is 11.3. The van der Waals surface area contributed by atoms with Crippen LogP contribution in [-0.2, 0) is 37.8 Å². The van der Waals surface area contributed by atoms with Crippen molar-refractivity contribution in [3.05, 3.63) is 41.9 Å². The molecule has 1 amide bonds. The van der Waals surface area contributed by atoms with E-state index < -0.39 is 36.0 Å². The van der Waals surface area contributed by atoms with Gasteiger partial charge in [-0.25, -0.2) is 14.6 Å². The third-order valence-electron chi connectivity index (χ3n) is 5.72. The number of carbonyl (C=O) groups excluding carboxylic acids is 1. The van der Waals surface area contributed by atoms with Gasteiger partial charge in [0.05, 0.1) is 13.1 Å². The van der Waals surface area contributed by atoms with Crippen LogP contribution < -0.4 is 5.32 Å². The number of halogens is 6. The van der Waals surface area contributed by atoms with Crippen molar-refractivity contribution in [2.45, 2.75) is 56.9 Å². The van der Waals surface area contributed by atoms with E-state index in [4.69, 9.17) is 29.0 Å². The average molecular weight is 572 g/mol. The number of fused-ring (bicyclic) bond motifs is 2. The zero-order valence-electron chi connectivity index (χ0n) is 20.7. The summed E-state index contributed by atoms with van der Waals surface area (Å²) in [5.41, 5.74) is -0.478. The normalized spacial score (nSPS) is 18.6. The number of alkyl halides is 6. The fraction of sp³-hybridized carbons (Fsp3) is 0.545. The number of furan rings is 1. The largest absolute Gasteiger partial charge is 0.490 e. The zero-order valence-corrected chi connectivity index (χ0v) is 20.7. The molecule has 0 saturated carbocycles. The number of aliphatic carboxylic acids is 2. The van der Waals surface area contributed by atoms with Gasteiger partial charge < -0.3 is 29.3 Å². The highest BCUT2D eigenvalue weighted by Gasteiger charge is 2.47. The molecule has 0 aromatic carbocycles. The lowest BCUT2D eigenvalue weighted by Gasteiger charge is -2.45. The van der Waals surface area contributed by atoms with Crippen molar-refractivity contribution in [1.29, 1.82) is 0 Å². The van der Waals surface area contributed by atoms with E-state index in [0.29, 0.717) is 6.54 Å². The van der Waals surface area contributed by atoms with Gasteiger partial charge in [-0.05, 0) is 31.9 Å². The quantitative estimate of drug-likeness (QED) is 0.473. The number of nitrogens with zero attached hydrogens (tertiary/aromatic N) is 3. The average Bonchev–Trinajstić information content (AvgIpc) is 3.49.